The highest BCUT2D eigenvalue weighted by molar-refractivity contribution is 5.36. The molecule has 1 aromatic carbocycles. The van der Waals surface area contributed by atoms with Gasteiger partial charge in [-0.2, -0.15) is 0 Å². The van der Waals surface area contributed by atoms with Gasteiger partial charge in [0.1, 0.15) is 5.75 Å². The summed E-state index contributed by atoms with van der Waals surface area (Å²) < 4.78 is 0. The fraction of sp³-hybridized carbons (Fsp3) is 0.500. The third-order valence-corrected chi connectivity index (χ3v) is 3.02. The summed E-state index contributed by atoms with van der Waals surface area (Å²) in [6, 6.07) is 7.81. The molecule has 1 saturated carbocycles. The smallest absolute Gasteiger partial charge is 0.122 e. The van der Waals surface area contributed by atoms with Crippen molar-refractivity contribution in [1.82, 2.24) is 0 Å². The molecule has 0 heterocycles. The van der Waals surface area contributed by atoms with Gasteiger partial charge in [0.2, 0.25) is 0 Å². The molecule has 14 heavy (non-hydrogen) atoms. The summed E-state index contributed by atoms with van der Waals surface area (Å²) in [6.45, 7) is 0. The van der Waals surface area contributed by atoms with Gasteiger partial charge >= 0.3 is 0 Å². The van der Waals surface area contributed by atoms with E-state index < -0.39 is 5.60 Å². The lowest BCUT2D eigenvalue weighted by Gasteiger charge is -2.32. The maximum absolute atomic E-state index is 10.3. The van der Waals surface area contributed by atoms with Gasteiger partial charge in [0.05, 0.1) is 5.60 Å². The third-order valence-electron chi connectivity index (χ3n) is 3.02. The van der Waals surface area contributed by atoms with Crippen molar-refractivity contribution in [3.8, 4) is 5.75 Å². The van der Waals surface area contributed by atoms with Crippen LogP contribution < -0.4 is 0 Å². The molecule has 0 aliphatic heterocycles. The number of phenolic OH excluding ortho intramolecular Hbond substituents is 1. The lowest BCUT2D eigenvalue weighted by atomic mass is 9.79. The Bertz CT molecular complexity index is 314. The van der Waals surface area contributed by atoms with Crippen LogP contribution in [0.4, 0.5) is 0 Å². The van der Waals surface area contributed by atoms with E-state index in [4.69, 9.17) is 0 Å². The lowest BCUT2D eigenvalue weighted by molar-refractivity contribution is -0.00252. The first kappa shape index (κ1) is 9.53. The van der Waals surface area contributed by atoms with Crippen molar-refractivity contribution >= 4 is 0 Å². The molecular formula is C12H15O2. The van der Waals surface area contributed by atoms with E-state index in [0.29, 0.717) is 5.56 Å². The van der Waals surface area contributed by atoms with Crippen molar-refractivity contribution in [2.45, 2.75) is 37.7 Å². The third kappa shape index (κ3) is 1.62. The Morgan fingerprint density at radius 2 is 1.93 bits per heavy atom. The van der Waals surface area contributed by atoms with E-state index in [9.17, 15) is 10.2 Å². The maximum Gasteiger partial charge on any atom is 0.122 e. The van der Waals surface area contributed by atoms with E-state index in [1.807, 2.05) is 0 Å². The molecule has 1 aliphatic rings. The van der Waals surface area contributed by atoms with Crippen LogP contribution >= 0.6 is 0 Å². The highest BCUT2D eigenvalue weighted by Crippen LogP contribution is 2.40. The quantitative estimate of drug-likeness (QED) is 0.715. The Morgan fingerprint density at radius 3 is 2.57 bits per heavy atom. The number of aromatic hydroxyl groups is 1. The van der Waals surface area contributed by atoms with Crippen molar-refractivity contribution in [2.24, 2.45) is 0 Å². The largest absolute Gasteiger partial charge is 0.508 e. The molecule has 1 aromatic rings. The van der Waals surface area contributed by atoms with Crippen LogP contribution in [0.5, 0.6) is 5.75 Å². The van der Waals surface area contributed by atoms with Gasteiger partial charge in [0, 0.05) is 5.56 Å². The molecule has 2 N–H and O–H groups in total. The van der Waals surface area contributed by atoms with Crippen LogP contribution in [0.15, 0.2) is 18.2 Å². The van der Waals surface area contributed by atoms with Crippen molar-refractivity contribution in [2.75, 3.05) is 0 Å². The minimum Gasteiger partial charge on any atom is -0.508 e. The lowest BCUT2D eigenvalue weighted by Crippen LogP contribution is -2.28. The summed E-state index contributed by atoms with van der Waals surface area (Å²) in [4.78, 5) is 0. The van der Waals surface area contributed by atoms with Crippen molar-refractivity contribution in [3.63, 3.8) is 0 Å². The predicted octanol–water partition coefficient (Wildman–Crippen LogP) is 2.34. The first-order chi connectivity index (χ1) is 6.72. The molecule has 0 unspecified atom stereocenters. The number of benzene rings is 1. The molecule has 0 bridgehead atoms. The van der Waals surface area contributed by atoms with Crippen molar-refractivity contribution < 1.29 is 10.2 Å². The maximum atomic E-state index is 10.3. The molecule has 1 radical (unpaired) electrons. The summed E-state index contributed by atoms with van der Waals surface area (Å²) in [5.74, 6) is 0.164. The number of hydrogen-bond donors (Lipinski definition) is 2. The van der Waals surface area contributed by atoms with Crippen LogP contribution in [0.25, 0.3) is 0 Å². The van der Waals surface area contributed by atoms with E-state index in [2.05, 4.69) is 6.07 Å². The van der Waals surface area contributed by atoms with Gasteiger partial charge in [-0.1, -0.05) is 31.4 Å². The topological polar surface area (TPSA) is 40.5 Å². The summed E-state index contributed by atoms with van der Waals surface area (Å²) in [5.41, 5.74) is -0.145. The molecule has 0 atom stereocenters. The summed E-state index contributed by atoms with van der Waals surface area (Å²) in [6.07, 6.45) is 4.76. The van der Waals surface area contributed by atoms with Gasteiger partial charge in [0.25, 0.3) is 0 Å². The SMILES string of the molecule is Oc1c[c]ccc1C1(O)CCCCC1. The molecule has 0 aromatic heterocycles. The van der Waals surface area contributed by atoms with Crippen LogP contribution in [0, 0.1) is 6.07 Å². The van der Waals surface area contributed by atoms with Crippen LogP contribution in [0.1, 0.15) is 37.7 Å². The monoisotopic (exact) mass is 191 g/mol. The summed E-state index contributed by atoms with van der Waals surface area (Å²) in [5, 5.41) is 20.0. The second-order valence-electron chi connectivity index (χ2n) is 4.04. The van der Waals surface area contributed by atoms with Gasteiger partial charge in [-0.05, 0) is 25.0 Å². The Balaban J connectivity index is 2.32. The molecule has 0 saturated heterocycles. The first-order valence-corrected chi connectivity index (χ1v) is 5.14. The molecule has 2 heteroatoms. The van der Waals surface area contributed by atoms with E-state index in [1.165, 1.54) is 12.5 Å². The van der Waals surface area contributed by atoms with Crippen molar-refractivity contribution in [1.29, 1.82) is 0 Å². The predicted molar refractivity (Wildman–Crippen MR) is 53.9 cm³/mol. The Morgan fingerprint density at radius 1 is 1.21 bits per heavy atom. The van der Waals surface area contributed by atoms with Gasteiger partial charge in [0.15, 0.2) is 0 Å². The minimum atomic E-state index is -0.808. The van der Waals surface area contributed by atoms with E-state index >= 15 is 0 Å². The normalized spacial score (nSPS) is 20.6. The summed E-state index contributed by atoms with van der Waals surface area (Å²) >= 11 is 0. The van der Waals surface area contributed by atoms with Crippen LogP contribution in [0.2, 0.25) is 0 Å². The minimum absolute atomic E-state index is 0.164. The molecule has 0 spiro atoms. The van der Waals surface area contributed by atoms with E-state index in [-0.39, 0.29) is 5.75 Å². The number of hydrogen-bond acceptors (Lipinski definition) is 2. The highest BCUT2D eigenvalue weighted by atomic mass is 16.3. The average Bonchev–Trinajstić information content (AvgIpc) is 2.19. The van der Waals surface area contributed by atoms with E-state index in [0.717, 1.165) is 25.7 Å². The zero-order valence-corrected chi connectivity index (χ0v) is 8.16. The zero-order chi connectivity index (χ0) is 10.0. The highest BCUT2D eigenvalue weighted by Gasteiger charge is 2.32. The van der Waals surface area contributed by atoms with Crippen LogP contribution in [0.3, 0.4) is 0 Å². The van der Waals surface area contributed by atoms with Gasteiger partial charge in [-0.25, -0.2) is 0 Å². The molecule has 1 aliphatic carbocycles. The van der Waals surface area contributed by atoms with Gasteiger partial charge in [-0.15, -0.1) is 0 Å². The molecule has 2 nitrogen and oxygen atoms in total. The van der Waals surface area contributed by atoms with E-state index in [1.54, 1.807) is 12.1 Å². The Labute approximate surface area is 84.2 Å². The van der Waals surface area contributed by atoms with Crippen molar-refractivity contribution in [3.05, 3.63) is 29.8 Å². The zero-order valence-electron chi connectivity index (χ0n) is 8.16. The molecular weight excluding hydrogens is 176 g/mol. The fourth-order valence-corrected chi connectivity index (χ4v) is 2.22. The number of aliphatic hydroxyl groups is 1. The average molecular weight is 191 g/mol. The standard InChI is InChI=1S/C12H15O2/c13-11-7-3-2-6-10(11)12(14)8-4-1-5-9-12/h2,6-7,13-14H,1,4-5,8-9H2. The Kier molecular flexibility index (Phi) is 2.46. The van der Waals surface area contributed by atoms with Crippen LogP contribution in [-0.2, 0) is 5.60 Å². The molecule has 75 valence electrons. The second-order valence-corrected chi connectivity index (χ2v) is 4.04. The van der Waals surface area contributed by atoms with Gasteiger partial charge in [-0.3, -0.25) is 0 Å². The molecule has 0 amide bonds. The number of rotatable bonds is 1. The van der Waals surface area contributed by atoms with Crippen LogP contribution in [-0.4, -0.2) is 10.2 Å². The molecule has 1 fully saturated rings. The first-order valence-electron chi connectivity index (χ1n) is 5.14. The second kappa shape index (κ2) is 3.62. The summed E-state index contributed by atoms with van der Waals surface area (Å²) in [7, 11) is 0. The molecule has 2 rings (SSSR count). The number of phenols is 1. The Hall–Kier alpha value is -1.02. The fourth-order valence-electron chi connectivity index (χ4n) is 2.22. The van der Waals surface area contributed by atoms with Gasteiger partial charge < -0.3 is 10.2 Å².